The van der Waals surface area contributed by atoms with Gasteiger partial charge in [0.2, 0.25) is 5.91 Å². The van der Waals surface area contributed by atoms with Crippen molar-refractivity contribution in [2.75, 3.05) is 39.9 Å². The number of nitrogens with one attached hydrogen (secondary N) is 2. The van der Waals surface area contributed by atoms with Gasteiger partial charge in [0.1, 0.15) is 6.54 Å². The van der Waals surface area contributed by atoms with Gasteiger partial charge in [0.05, 0.1) is 6.54 Å². The minimum atomic E-state index is -1.12. The second-order valence-corrected chi connectivity index (χ2v) is 4.71. The number of aliphatic carboxylic acids is 1. The van der Waals surface area contributed by atoms with Crippen molar-refractivity contribution in [2.45, 2.75) is 12.8 Å². The Morgan fingerprint density at radius 3 is 2.40 bits per heavy atom. The van der Waals surface area contributed by atoms with E-state index in [9.17, 15) is 14.4 Å². The topological polar surface area (TPSA) is 108 Å². The molecule has 3 N–H and O–H groups in total. The van der Waals surface area contributed by atoms with Crippen LogP contribution in [-0.2, 0) is 14.3 Å². The SMILES string of the molecule is COCC1CCN(C(=O)NCC(=O)NCC(=O)O)CC1. The van der Waals surface area contributed by atoms with Gasteiger partial charge in [0.15, 0.2) is 0 Å². The Labute approximate surface area is 117 Å². The molecule has 0 saturated carbocycles. The van der Waals surface area contributed by atoms with Crippen LogP contribution in [0.4, 0.5) is 4.79 Å². The van der Waals surface area contributed by atoms with Crippen LogP contribution in [0.2, 0.25) is 0 Å². The van der Waals surface area contributed by atoms with Crippen molar-refractivity contribution < 1.29 is 24.2 Å². The first-order chi connectivity index (χ1) is 9.52. The lowest BCUT2D eigenvalue weighted by Gasteiger charge is -2.31. The Bertz CT molecular complexity index is 353. The van der Waals surface area contributed by atoms with Gasteiger partial charge in [0.25, 0.3) is 0 Å². The summed E-state index contributed by atoms with van der Waals surface area (Å²) in [4.78, 5) is 34.9. The maximum absolute atomic E-state index is 11.8. The van der Waals surface area contributed by atoms with E-state index in [4.69, 9.17) is 9.84 Å². The van der Waals surface area contributed by atoms with E-state index in [1.807, 2.05) is 0 Å². The van der Waals surface area contributed by atoms with Crippen LogP contribution in [0.15, 0.2) is 0 Å². The predicted octanol–water partition coefficient (Wildman–Crippen LogP) is -0.745. The highest BCUT2D eigenvalue weighted by Gasteiger charge is 2.22. The van der Waals surface area contributed by atoms with Crippen molar-refractivity contribution >= 4 is 17.9 Å². The predicted molar refractivity (Wildman–Crippen MR) is 70.2 cm³/mol. The average molecular weight is 287 g/mol. The Balaban J connectivity index is 2.20. The number of carboxylic acid groups (broad SMARTS) is 1. The number of methoxy groups -OCH3 is 1. The zero-order valence-corrected chi connectivity index (χ0v) is 11.6. The molecule has 114 valence electrons. The summed E-state index contributed by atoms with van der Waals surface area (Å²) in [5.74, 6) is -1.16. The highest BCUT2D eigenvalue weighted by molar-refractivity contribution is 5.86. The van der Waals surface area contributed by atoms with E-state index in [2.05, 4.69) is 10.6 Å². The lowest BCUT2D eigenvalue weighted by atomic mass is 9.98. The van der Waals surface area contributed by atoms with E-state index in [0.717, 1.165) is 12.8 Å². The molecule has 0 aromatic rings. The fourth-order valence-electron chi connectivity index (χ4n) is 2.04. The van der Waals surface area contributed by atoms with Gasteiger partial charge in [-0.1, -0.05) is 0 Å². The fraction of sp³-hybridized carbons (Fsp3) is 0.750. The molecule has 0 atom stereocenters. The van der Waals surface area contributed by atoms with Crippen LogP contribution in [0.5, 0.6) is 0 Å². The van der Waals surface area contributed by atoms with Crippen LogP contribution in [-0.4, -0.2) is 67.8 Å². The molecule has 0 aromatic heterocycles. The summed E-state index contributed by atoms with van der Waals surface area (Å²) in [6, 6.07) is -0.300. The van der Waals surface area contributed by atoms with Crippen LogP contribution in [0, 0.1) is 5.92 Å². The highest BCUT2D eigenvalue weighted by atomic mass is 16.5. The van der Waals surface area contributed by atoms with E-state index in [1.54, 1.807) is 12.0 Å². The number of piperidine rings is 1. The molecular formula is C12H21N3O5. The molecule has 1 aliphatic heterocycles. The summed E-state index contributed by atoms with van der Waals surface area (Å²) in [7, 11) is 1.66. The van der Waals surface area contributed by atoms with Crippen LogP contribution in [0.25, 0.3) is 0 Å². The maximum Gasteiger partial charge on any atom is 0.322 e. The van der Waals surface area contributed by atoms with Crippen molar-refractivity contribution in [1.82, 2.24) is 15.5 Å². The molecule has 1 saturated heterocycles. The van der Waals surface area contributed by atoms with Crippen LogP contribution >= 0.6 is 0 Å². The third kappa shape index (κ3) is 5.87. The van der Waals surface area contributed by atoms with E-state index in [1.165, 1.54) is 0 Å². The van der Waals surface area contributed by atoms with Gasteiger partial charge in [-0.25, -0.2) is 4.79 Å². The molecule has 0 unspecified atom stereocenters. The lowest BCUT2D eigenvalue weighted by molar-refractivity contribution is -0.137. The molecule has 1 heterocycles. The number of amides is 3. The van der Waals surface area contributed by atoms with E-state index in [-0.39, 0.29) is 12.6 Å². The molecule has 0 radical (unpaired) electrons. The van der Waals surface area contributed by atoms with Crippen LogP contribution < -0.4 is 10.6 Å². The molecule has 1 rings (SSSR count). The number of ether oxygens (including phenoxy) is 1. The van der Waals surface area contributed by atoms with Gasteiger partial charge < -0.3 is 25.4 Å². The number of urea groups is 1. The highest BCUT2D eigenvalue weighted by Crippen LogP contribution is 2.16. The second-order valence-electron chi connectivity index (χ2n) is 4.71. The molecule has 1 aliphatic rings. The number of hydrogen-bond acceptors (Lipinski definition) is 4. The quantitative estimate of drug-likeness (QED) is 0.596. The summed E-state index contributed by atoms with van der Waals surface area (Å²) in [5.41, 5.74) is 0. The standard InChI is InChI=1S/C12H21N3O5/c1-20-8-9-2-4-15(5-3-9)12(19)14-6-10(16)13-7-11(17)18/h9H,2-8H2,1H3,(H,13,16)(H,14,19)(H,17,18). The molecule has 0 aromatic carbocycles. The van der Waals surface area contributed by atoms with Gasteiger partial charge in [0, 0.05) is 26.8 Å². The number of nitrogens with zero attached hydrogens (tertiary/aromatic N) is 1. The van der Waals surface area contributed by atoms with Gasteiger partial charge in [-0.3, -0.25) is 9.59 Å². The summed E-state index contributed by atoms with van der Waals surface area (Å²) in [6.45, 7) is 1.31. The van der Waals surface area contributed by atoms with E-state index >= 15 is 0 Å². The molecule has 20 heavy (non-hydrogen) atoms. The van der Waals surface area contributed by atoms with Gasteiger partial charge >= 0.3 is 12.0 Å². The number of rotatable bonds is 6. The van der Waals surface area contributed by atoms with E-state index < -0.39 is 18.4 Å². The molecule has 0 aliphatic carbocycles. The summed E-state index contributed by atoms with van der Waals surface area (Å²) in [5, 5.41) is 13.0. The maximum atomic E-state index is 11.8. The van der Waals surface area contributed by atoms with Crippen molar-refractivity contribution in [2.24, 2.45) is 5.92 Å². The first kappa shape index (κ1) is 16.2. The van der Waals surface area contributed by atoms with Crippen LogP contribution in [0.3, 0.4) is 0 Å². The fourth-order valence-corrected chi connectivity index (χ4v) is 2.04. The van der Waals surface area contributed by atoms with Crippen molar-refractivity contribution in [1.29, 1.82) is 0 Å². The van der Waals surface area contributed by atoms with Crippen LogP contribution in [0.1, 0.15) is 12.8 Å². The van der Waals surface area contributed by atoms with Crippen molar-refractivity contribution in [3.63, 3.8) is 0 Å². The smallest absolute Gasteiger partial charge is 0.322 e. The average Bonchev–Trinajstić information content (AvgIpc) is 2.43. The molecule has 8 nitrogen and oxygen atoms in total. The number of carbonyl (C=O) groups excluding carboxylic acids is 2. The molecule has 0 spiro atoms. The third-order valence-corrected chi connectivity index (χ3v) is 3.14. The monoisotopic (exact) mass is 287 g/mol. The minimum Gasteiger partial charge on any atom is -0.480 e. The second kappa shape index (κ2) is 8.36. The van der Waals surface area contributed by atoms with E-state index in [0.29, 0.717) is 25.6 Å². The number of carbonyl (C=O) groups is 3. The normalized spacial score (nSPS) is 15.8. The molecule has 0 bridgehead atoms. The zero-order chi connectivity index (χ0) is 15.0. The van der Waals surface area contributed by atoms with Crippen molar-refractivity contribution in [3.05, 3.63) is 0 Å². The lowest BCUT2D eigenvalue weighted by Crippen LogP contribution is -2.48. The Kier molecular flexibility index (Phi) is 6.78. The Hall–Kier alpha value is -1.83. The van der Waals surface area contributed by atoms with Gasteiger partial charge in [-0.15, -0.1) is 0 Å². The van der Waals surface area contributed by atoms with Crippen molar-refractivity contribution in [3.8, 4) is 0 Å². The first-order valence-electron chi connectivity index (χ1n) is 6.53. The first-order valence-corrected chi connectivity index (χ1v) is 6.53. The minimum absolute atomic E-state index is 0.218. The Morgan fingerprint density at radius 2 is 1.85 bits per heavy atom. The summed E-state index contributed by atoms with van der Waals surface area (Å²) >= 11 is 0. The molecule has 1 fully saturated rings. The summed E-state index contributed by atoms with van der Waals surface area (Å²) in [6.07, 6.45) is 1.76. The number of likely N-dealkylation sites (tertiary alicyclic amines) is 1. The summed E-state index contributed by atoms with van der Waals surface area (Å²) < 4.78 is 5.08. The van der Waals surface area contributed by atoms with Gasteiger partial charge in [-0.2, -0.15) is 0 Å². The molecule has 8 heteroatoms. The van der Waals surface area contributed by atoms with Gasteiger partial charge in [-0.05, 0) is 18.8 Å². The zero-order valence-electron chi connectivity index (χ0n) is 11.6. The third-order valence-electron chi connectivity index (χ3n) is 3.14. The number of hydrogen-bond donors (Lipinski definition) is 3. The number of carboxylic acids is 1. The largest absolute Gasteiger partial charge is 0.480 e. The molecule has 3 amide bonds. The molecular weight excluding hydrogens is 266 g/mol. The Morgan fingerprint density at radius 1 is 1.20 bits per heavy atom.